The topological polar surface area (TPSA) is 96.0 Å². The first kappa shape index (κ1) is 32.2. The number of amides is 2. The van der Waals surface area contributed by atoms with Gasteiger partial charge < -0.3 is 15.0 Å². The number of anilines is 1. The number of carbonyl (C=O) groups excluding carboxylic acids is 2. The van der Waals surface area contributed by atoms with E-state index in [2.05, 4.69) is 5.32 Å². The molecule has 0 aromatic heterocycles. The average molecular weight is 621 g/mol. The quantitative estimate of drug-likeness (QED) is 0.275. The molecule has 2 amide bonds. The number of benzene rings is 3. The summed E-state index contributed by atoms with van der Waals surface area (Å²) in [7, 11) is -2.82. The van der Waals surface area contributed by atoms with Crippen LogP contribution in [0.1, 0.15) is 38.3 Å². The van der Waals surface area contributed by atoms with Crippen molar-refractivity contribution in [3.05, 3.63) is 87.9 Å². The molecule has 0 aliphatic rings. The van der Waals surface area contributed by atoms with Crippen LogP contribution in [-0.4, -0.2) is 50.9 Å². The molecule has 0 aliphatic heterocycles. The standard InChI is InChI=1S/C30H35Cl2N3O5S/c1-6-21(3)33-30(37)22(4)34(18-24-25(31)10-9-11-26(24)32)29(36)19-35(27-12-7-8-13-28(27)40-5)41(38,39)23-16-14-20(2)15-17-23/h7-17,21-22H,6,18-19H2,1-5H3,(H,33,37)/t21-,22+/m1/s1. The van der Waals surface area contributed by atoms with Gasteiger partial charge in [-0.1, -0.05) is 66.0 Å². The van der Waals surface area contributed by atoms with Gasteiger partial charge in [0, 0.05) is 28.2 Å². The van der Waals surface area contributed by atoms with Gasteiger partial charge in [0.15, 0.2) is 0 Å². The number of hydrogen-bond donors (Lipinski definition) is 1. The van der Waals surface area contributed by atoms with Crippen molar-refractivity contribution >= 4 is 50.7 Å². The molecule has 0 saturated heterocycles. The Bertz CT molecular complexity index is 1460. The molecule has 2 atom stereocenters. The predicted molar refractivity (Wildman–Crippen MR) is 163 cm³/mol. The molecule has 0 spiro atoms. The number of nitrogens with zero attached hydrogens (tertiary/aromatic N) is 2. The van der Waals surface area contributed by atoms with Crippen molar-refractivity contribution in [1.82, 2.24) is 10.2 Å². The van der Waals surface area contributed by atoms with E-state index in [9.17, 15) is 18.0 Å². The Kier molecular flexibility index (Phi) is 11.1. The van der Waals surface area contributed by atoms with E-state index >= 15 is 0 Å². The van der Waals surface area contributed by atoms with Gasteiger partial charge in [0.05, 0.1) is 17.7 Å². The molecular formula is C30H35Cl2N3O5S. The van der Waals surface area contributed by atoms with Crippen molar-refractivity contribution in [2.75, 3.05) is 18.0 Å². The third-order valence-corrected chi connectivity index (χ3v) is 9.28. The predicted octanol–water partition coefficient (Wildman–Crippen LogP) is 5.84. The summed E-state index contributed by atoms with van der Waals surface area (Å²) in [6.07, 6.45) is 0.694. The first-order chi connectivity index (χ1) is 19.4. The number of halogens is 2. The minimum Gasteiger partial charge on any atom is -0.495 e. The number of carbonyl (C=O) groups is 2. The van der Waals surface area contributed by atoms with Crippen molar-refractivity contribution in [3.63, 3.8) is 0 Å². The van der Waals surface area contributed by atoms with E-state index < -0.39 is 28.5 Å². The molecule has 0 bridgehead atoms. The number of methoxy groups -OCH3 is 1. The van der Waals surface area contributed by atoms with Crippen LogP contribution in [0.3, 0.4) is 0 Å². The average Bonchev–Trinajstić information content (AvgIpc) is 2.95. The second-order valence-corrected chi connectivity index (χ2v) is 12.4. The molecule has 0 aliphatic carbocycles. The lowest BCUT2D eigenvalue weighted by Gasteiger charge is -2.33. The zero-order valence-corrected chi connectivity index (χ0v) is 26.1. The lowest BCUT2D eigenvalue weighted by Crippen LogP contribution is -2.52. The Morgan fingerprint density at radius 1 is 0.951 bits per heavy atom. The summed E-state index contributed by atoms with van der Waals surface area (Å²) in [6.45, 7) is 6.50. The van der Waals surface area contributed by atoms with Gasteiger partial charge >= 0.3 is 0 Å². The van der Waals surface area contributed by atoms with Crippen molar-refractivity contribution in [2.45, 2.75) is 57.6 Å². The highest BCUT2D eigenvalue weighted by molar-refractivity contribution is 7.92. The van der Waals surface area contributed by atoms with Crippen LogP contribution in [0.2, 0.25) is 10.0 Å². The Morgan fingerprint density at radius 3 is 2.15 bits per heavy atom. The Labute approximate surface area is 252 Å². The molecule has 8 nitrogen and oxygen atoms in total. The second kappa shape index (κ2) is 14.1. The second-order valence-electron chi connectivity index (χ2n) is 9.71. The van der Waals surface area contributed by atoms with E-state index in [-0.39, 0.29) is 34.8 Å². The summed E-state index contributed by atoms with van der Waals surface area (Å²) in [4.78, 5) is 28.6. The lowest BCUT2D eigenvalue weighted by atomic mass is 10.1. The van der Waals surface area contributed by atoms with E-state index in [4.69, 9.17) is 27.9 Å². The van der Waals surface area contributed by atoms with Gasteiger partial charge in [-0.15, -0.1) is 0 Å². The SMILES string of the molecule is CC[C@@H](C)NC(=O)[C@H](C)N(Cc1c(Cl)cccc1Cl)C(=O)CN(c1ccccc1OC)S(=O)(=O)c1ccc(C)cc1. The molecule has 3 aromatic rings. The van der Waals surface area contributed by atoms with Crippen LogP contribution in [0.5, 0.6) is 5.75 Å². The van der Waals surface area contributed by atoms with E-state index in [1.807, 2.05) is 20.8 Å². The van der Waals surface area contributed by atoms with Gasteiger partial charge in [-0.3, -0.25) is 13.9 Å². The summed E-state index contributed by atoms with van der Waals surface area (Å²) in [5.74, 6) is -0.755. The highest BCUT2D eigenvalue weighted by Crippen LogP contribution is 2.33. The summed E-state index contributed by atoms with van der Waals surface area (Å²) in [5.41, 5.74) is 1.50. The zero-order chi connectivity index (χ0) is 30.3. The number of nitrogens with one attached hydrogen (secondary N) is 1. The largest absolute Gasteiger partial charge is 0.495 e. The van der Waals surface area contributed by atoms with E-state index in [0.29, 0.717) is 22.0 Å². The van der Waals surface area contributed by atoms with Crippen molar-refractivity contribution < 1.29 is 22.7 Å². The maximum absolute atomic E-state index is 14.1. The number of rotatable bonds is 12. The third-order valence-electron chi connectivity index (χ3n) is 6.80. The van der Waals surface area contributed by atoms with Crippen LogP contribution in [-0.2, 0) is 26.2 Å². The summed E-state index contributed by atoms with van der Waals surface area (Å²) in [6, 6.07) is 16.7. The van der Waals surface area contributed by atoms with E-state index in [0.717, 1.165) is 9.87 Å². The van der Waals surface area contributed by atoms with Crippen molar-refractivity contribution in [3.8, 4) is 5.75 Å². The zero-order valence-electron chi connectivity index (χ0n) is 23.7. The van der Waals surface area contributed by atoms with E-state index in [1.165, 1.54) is 24.1 Å². The lowest BCUT2D eigenvalue weighted by molar-refractivity contribution is -0.139. The maximum atomic E-state index is 14.1. The monoisotopic (exact) mass is 619 g/mol. The van der Waals surface area contributed by atoms with Crippen LogP contribution >= 0.6 is 23.2 Å². The van der Waals surface area contributed by atoms with Gasteiger partial charge in [-0.25, -0.2) is 8.42 Å². The first-order valence-corrected chi connectivity index (χ1v) is 15.3. The summed E-state index contributed by atoms with van der Waals surface area (Å²) in [5, 5.41) is 3.53. The normalized spacial score (nSPS) is 12.8. The molecule has 41 heavy (non-hydrogen) atoms. The summed E-state index contributed by atoms with van der Waals surface area (Å²) >= 11 is 12.9. The number of ether oxygens (including phenoxy) is 1. The smallest absolute Gasteiger partial charge is 0.264 e. The Balaban J connectivity index is 2.10. The minimum atomic E-state index is -4.24. The van der Waals surface area contributed by atoms with Crippen LogP contribution in [0, 0.1) is 6.92 Å². The Morgan fingerprint density at radius 2 is 1.56 bits per heavy atom. The molecule has 0 fully saturated rings. The molecule has 3 aromatic carbocycles. The number of hydrogen-bond acceptors (Lipinski definition) is 5. The Hall–Kier alpha value is -3.27. The first-order valence-electron chi connectivity index (χ1n) is 13.2. The molecule has 1 N–H and O–H groups in total. The highest BCUT2D eigenvalue weighted by atomic mass is 35.5. The molecule has 0 radical (unpaired) electrons. The molecular weight excluding hydrogens is 585 g/mol. The number of para-hydroxylation sites is 2. The highest BCUT2D eigenvalue weighted by Gasteiger charge is 2.34. The molecule has 11 heteroatoms. The molecule has 220 valence electrons. The summed E-state index contributed by atoms with van der Waals surface area (Å²) < 4.78 is 34.5. The number of sulfonamides is 1. The van der Waals surface area contributed by atoms with Crippen LogP contribution in [0.4, 0.5) is 5.69 Å². The minimum absolute atomic E-state index is 0.00469. The van der Waals surface area contributed by atoms with Gasteiger partial charge in [0.1, 0.15) is 18.3 Å². The van der Waals surface area contributed by atoms with E-state index in [1.54, 1.807) is 61.5 Å². The number of aryl methyl sites for hydroxylation is 1. The molecule has 0 saturated carbocycles. The fraction of sp³-hybridized carbons (Fsp3) is 0.333. The molecule has 0 heterocycles. The van der Waals surface area contributed by atoms with Gasteiger partial charge in [-0.2, -0.15) is 0 Å². The van der Waals surface area contributed by atoms with Gasteiger partial charge in [0.25, 0.3) is 10.0 Å². The molecule has 3 rings (SSSR count). The fourth-order valence-electron chi connectivity index (χ4n) is 4.09. The third kappa shape index (κ3) is 7.72. The van der Waals surface area contributed by atoms with Crippen LogP contribution < -0.4 is 14.4 Å². The van der Waals surface area contributed by atoms with Crippen LogP contribution in [0.25, 0.3) is 0 Å². The molecule has 0 unspecified atom stereocenters. The van der Waals surface area contributed by atoms with Crippen molar-refractivity contribution in [1.29, 1.82) is 0 Å². The van der Waals surface area contributed by atoms with Gasteiger partial charge in [-0.05, 0) is 63.6 Å². The van der Waals surface area contributed by atoms with Crippen molar-refractivity contribution in [2.24, 2.45) is 0 Å². The van der Waals surface area contributed by atoms with Gasteiger partial charge in [0.2, 0.25) is 11.8 Å². The van der Waals surface area contributed by atoms with Crippen LogP contribution in [0.15, 0.2) is 71.6 Å². The maximum Gasteiger partial charge on any atom is 0.264 e. The fourth-order valence-corrected chi connectivity index (χ4v) is 6.03.